The van der Waals surface area contributed by atoms with E-state index in [1.165, 1.54) is 12.1 Å². The summed E-state index contributed by atoms with van der Waals surface area (Å²) < 4.78 is 20.7. The second-order valence-corrected chi connectivity index (χ2v) is 4.70. The minimum absolute atomic E-state index is 0.105. The van der Waals surface area contributed by atoms with E-state index in [4.69, 9.17) is 30.3 Å². The molecule has 0 aliphatic carbocycles. The number of ether oxygens (including phenoxy) is 3. The molecule has 1 aliphatic rings. The Morgan fingerprint density at radius 2 is 2.19 bits per heavy atom. The number of carbonyl (C=O) groups excluding carboxylic acids is 1. The van der Waals surface area contributed by atoms with Crippen molar-refractivity contribution in [1.82, 2.24) is 10.1 Å². The van der Waals surface area contributed by atoms with E-state index in [9.17, 15) is 4.79 Å². The standard InChI is InChI=1S/C13H11ClN2O5/c1-7-15-11(21-16-7)6-20-13(17)8-4-9(14)12-10(5-8)18-2-3-19-12/h4-5H,2-3,6H2,1H3. The Kier molecular flexibility index (Phi) is 3.66. The molecule has 21 heavy (non-hydrogen) atoms. The number of rotatable bonds is 3. The Morgan fingerprint density at radius 3 is 2.95 bits per heavy atom. The van der Waals surface area contributed by atoms with Crippen LogP contribution in [0.1, 0.15) is 22.1 Å². The van der Waals surface area contributed by atoms with Gasteiger partial charge in [0.25, 0.3) is 5.89 Å². The molecule has 1 aromatic carbocycles. The zero-order valence-electron chi connectivity index (χ0n) is 11.1. The average molecular weight is 311 g/mol. The highest BCUT2D eigenvalue weighted by molar-refractivity contribution is 6.32. The second-order valence-electron chi connectivity index (χ2n) is 4.29. The van der Waals surface area contributed by atoms with Gasteiger partial charge >= 0.3 is 5.97 Å². The maximum Gasteiger partial charge on any atom is 0.338 e. The number of fused-ring (bicyclic) bond motifs is 1. The Labute approximate surface area is 124 Å². The zero-order chi connectivity index (χ0) is 14.8. The molecule has 0 N–H and O–H groups in total. The number of aryl methyl sites for hydroxylation is 1. The van der Waals surface area contributed by atoms with Gasteiger partial charge in [-0.15, -0.1) is 0 Å². The molecule has 0 saturated heterocycles. The van der Waals surface area contributed by atoms with Crippen LogP contribution < -0.4 is 9.47 Å². The summed E-state index contributed by atoms with van der Waals surface area (Å²) in [4.78, 5) is 15.9. The van der Waals surface area contributed by atoms with Crippen molar-refractivity contribution < 1.29 is 23.5 Å². The van der Waals surface area contributed by atoms with Crippen molar-refractivity contribution in [1.29, 1.82) is 0 Å². The number of halogens is 1. The fourth-order valence-electron chi connectivity index (χ4n) is 1.84. The van der Waals surface area contributed by atoms with E-state index < -0.39 is 5.97 Å². The largest absolute Gasteiger partial charge is 0.486 e. The number of esters is 1. The molecule has 1 aliphatic heterocycles. The molecule has 110 valence electrons. The van der Waals surface area contributed by atoms with Crippen molar-refractivity contribution in [2.45, 2.75) is 13.5 Å². The quantitative estimate of drug-likeness (QED) is 0.803. The number of hydrogen-bond acceptors (Lipinski definition) is 7. The SMILES string of the molecule is Cc1noc(COC(=O)c2cc(Cl)c3c(c2)OCCO3)n1. The first-order chi connectivity index (χ1) is 10.1. The molecular weight excluding hydrogens is 300 g/mol. The third kappa shape index (κ3) is 2.92. The smallest absolute Gasteiger partial charge is 0.338 e. The molecule has 0 fully saturated rings. The number of carbonyl (C=O) groups is 1. The van der Waals surface area contributed by atoms with Crippen molar-refractivity contribution in [3.8, 4) is 11.5 Å². The summed E-state index contributed by atoms with van der Waals surface area (Å²) in [7, 11) is 0. The predicted molar refractivity (Wildman–Crippen MR) is 70.6 cm³/mol. The van der Waals surface area contributed by atoms with Crippen LogP contribution in [0.25, 0.3) is 0 Å². The zero-order valence-corrected chi connectivity index (χ0v) is 11.8. The molecule has 8 heteroatoms. The van der Waals surface area contributed by atoms with Crippen molar-refractivity contribution in [2.24, 2.45) is 0 Å². The van der Waals surface area contributed by atoms with Gasteiger partial charge < -0.3 is 18.7 Å². The number of nitrogens with zero attached hydrogens (tertiary/aromatic N) is 2. The Hall–Kier alpha value is -2.28. The van der Waals surface area contributed by atoms with E-state index in [1.807, 2.05) is 0 Å². The van der Waals surface area contributed by atoms with Gasteiger partial charge in [-0.1, -0.05) is 16.8 Å². The fourth-order valence-corrected chi connectivity index (χ4v) is 2.10. The average Bonchev–Trinajstić information content (AvgIpc) is 2.90. The lowest BCUT2D eigenvalue weighted by molar-refractivity contribution is 0.0429. The van der Waals surface area contributed by atoms with Gasteiger partial charge in [0.15, 0.2) is 23.9 Å². The minimum atomic E-state index is -0.565. The number of hydrogen-bond donors (Lipinski definition) is 0. The molecule has 0 spiro atoms. The van der Waals surface area contributed by atoms with Gasteiger partial charge in [-0.2, -0.15) is 4.98 Å². The summed E-state index contributed by atoms with van der Waals surface area (Å²) >= 11 is 6.06. The van der Waals surface area contributed by atoms with Gasteiger partial charge in [-0.25, -0.2) is 4.79 Å². The lowest BCUT2D eigenvalue weighted by Gasteiger charge is -2.19. The number of aromatic nitrogens is 2. The van der Waals surface area contributed by atoms with Gasteiger partial charge in [0.1, 0.15) is 13.2 Å². The summed E-state index contributed by atoms with van der Waals surface area (Å²) in [6, 6.07) is 3.00. The summed E-state index contributed by atoms with van der Waals surface area (Å²) in [5.41, 5.74) is 0.264. The van der Waals surface area contributed by atoms with Gasteiger partial charge in [0.2, 0.25) is 0 Å². The van der Waals surface area contributed by atoms with Crippen LogP contribution in [0.5, 0.6) is 11.5 Å². The maximum absolute atomic E-state index is 12.0. The van der Waals surface area contributed by atoms with Crippen LogP contribution in [0.3, 0.4) is 0 Å². The van der Waals surface area contributed by atoms with Crippen LogP contribution in [0.2, 0.25) is 5.02 Å². The Morgan fingerprint density at radius 1 is 1.38 bits per heavy atom. The Balaban J connectivity index is 1.74. The number of benzene rings is 1. The summed E-state index contributed by atoms with van der Waals surface area (Å²) in [6.45, 7) is 2.40. The first-order valence-corrected chi connectivity index (χ1v) is 6.57. The van der Waals surface area contributed by atoms with Gasteiger partial charge in [-0.05, 0) is 19.1 Å². The van der Waals surface area contributed by atoms with Gasteiger partial charge in [0.05, 0.1) is 10.6 Å². The summed E-state index contributed by atoms with van der Waals surface area (Å²) in [5.74, 6) is 0.999. The van der Waals surface area contributed by atoms with Crippen LogP contribution in [0, 0.1) is 6.92 Å². The van der Waals surface area contributed by atoms with Crippen LogP contribution in [-0.2, 0) is 11.3 Å². The van der Waals surface area contributed by atoms with Gasteiger partial charge in [-0.3, -0.25) is 0 Å². The predicted octanol–water partition coefficient (Wildman–Crippen LogP) is 2.16. The van der Waals surface area contributed by atoms with E-state index in [1.54, 1.807) is 6.92 Å². The summed E-state index contributed by atoms with van der Waals surface area (Å²) in [6.07, 6.45) is 0. The summed E-state index contributed by atoms with van der Waals surface area (Å²) in [5, 5.41) is 3.90. The van der Waals surface area contributed by atoms with E-state index >= 15 is 0 Å². The first-order valence-electron chi connectivity index (χ1n) is 6.19. The van der Waals surface area contributed by atoms with Crippen LogP contribution in [0.15, 0.2) is 16.7 Å². The topological polar surface area (TPSA) is 83.7 Å². The molecule has 0 atom stereocenters. The molecule has 0 bridgehead atoms. The fraction of sp³-hybridized carbons (Fsp3) is 0.308. The van der Waals surface area contributed by atoms with Crippen molar-refractivity contribution >= 4 is 17.6 Å². The highest BCUT2D eigenvalue weighted by Crippen LogP contribution is 2.38. The molecule has 3 rings (SSSR count). The highest BCUT2D eigenvalue weighted by Gasteiger charge is 2.20. The first kappa shape index (κ1) is 13.7. The van der Waals surface area contributed by atoms with Gasteiger partial charge in [0, 0.05) is 0 Å². The van der Waals surface area contributed by atoms with E-state index in [0.717, 1.165) is 0 Å². The molecule has 7 nitrogen and oxygen atoms in total. The van der Waals surface area contributed by atoms with Crippen molar-refractivity contribution in [3.05, 3.63) is 34.4 Å². The molecule has 0 amide bonds. The highest BCUT2D eigenvalue weighted by atomic mass is 35.5. The van der Waals surface area contributed by atoms with E-state index in [-0.39, 0.29) is 18.1 Å². The Bertz CT molecular complexity index is 685. The van der Waals surface area contributed by atoms with E-state index in [2.05, 4.69) is 10.1 Å². The van der Waals surface area contributed by atoms with Crippen LogP contribution in [0.4, 0.5) is 0 Å². The van der Waals surface area contributed by atoms with Crippen LogP contribution in [-0.4, -0.2) is 29.3 Å². The lowest BCUT2D eigenvalue weighted by atomic mass is 10.2. The second kappa shape index (κ2) is 5.61. The van der Waals surface area contributed by atoms with Crippen molar-refractivity contribution in [3.63, 3.8) is 0 Å². The molecule has 2 aromatic rings. The maximum atomic E-state index is 12.0. The monoisotopic (exact) mass is 310 g/mol. The minimum Gasteiger partial charge on any atom is -0.486 e. The van der Waals surface area contributed by atoms with Crippen molar-refractivity contribution in [2.75, 3.05) is 13.2 Å². The molecule has 0 unspecified atom stereocenters. The van der Waals surface area contributed by atoms with Crippen LogP contribution >= 0.6 is 11.6 Å². The van der Waals surface area contributed by atoms with E-state index in [0.29, 0.717) is 35.6 Å². The lowest BCUT2D eigenvalue weighted by Crippen LogP contribution is -2.16. The molecular formula is C13H11ClN2O5. The molecule has 0 radical (unpaired) electrons. The molecule has 1 aromatic heterocycles. The normalized spacial score (nSPS) is 13.0. The third-order valence-corrected chi connectivity index (χ3v) is 3.01. The third-order valence-electron chi connectivity index (χ3n) is 2.73. The molecule has 0 saturated carbocycles. The molecule has 2 heterocycles.